The average Bonchev–Trinajstić information content (AvgIpc) is 2.79. The highest BCUT2D eigenvalue weighted by molar-refractivity contribution is 4.95. The molecule has 0 saturated carbocycles. The lowest BCUT2D eigenvalue weighted by atomic mass is 9.96. The molecule has 3 aliphatic rings. The molecule has 33 heavy (non-hydrogen) atoms. The fourth-order valence-electron chi connectivity index (χ4n) is 3.97. The summed E-state index contributed by atoms with van der Waals surface area (Å²) in [5.74, 6) is 0. The second kappa shape index (κ2) is 11.0. The van der Waals surface area contributed by atoms with E-state index in [4.69, 9.17) is 23.7 Å². The highest BCUT2D eigenvalue weighted by Gasteiger charge is 2.53. The zero-order valence-electron chi connectivity index (χ0n) is 17.6. The maximum Gasteiger partial charge on any atom is 0.187 e. The zero-order chi connectivity index (χ0) is 24.6. The number of rotatable bonds is 6. The maximum atomic E-state index is 10.6. The standard InChI is InChI=1S/C18H32O15/c1-4-7(21)10(24)12(26)17(29-4)32-14-9(23)6(3-20)30-16(28)15(14)33-18-13(27)11(25)8(22)5(2-19)31-18/h4-28H,2-3H2,1H3/t4-,5+,6+,7+,8-,9+,10+,11-,12-,13+,14-,15+,16?,17-,18-/m0/s1. The molecule has 15 atom stereocenters. The third kappa shape index (κ3) is 5.32. The molecular formula is C18H32O15. The number of aliphatic hydroxyl groups is 10. The molecule has 3 rings (SSSR count). The Morgan fingerprint density at radius 3 is 1.61 bits per heavy atom. The van der Waals surface area contributed by atoms with Crippen LogP contribution < -0.4 is 0 Å². The Bertz CT molecular complexity index is 624. The van der Waals surface area contributed by atoms with Gasteiger partial charge in [-0.05, 0) is 6.92 Å². The number of hydrogen-bond acceptors (Lipinski definition) is 15. The van der Waals surface area contributed by atoms with Gasteiger partial charge in [-0.15, -0.1) is 0 Å². The molecule has 10 N–H and O–H groups in total. The van der Waals surface area contributed by atoms with E-state index in [9.17, 15) is 51.1 Å². The van der Waals surface area contributed by atoms with E-state index in [1.54, 1.807) is 0 Å². The van der Waals surface area contributed by atoms with Crippen LogP contribution in [-0.4, -0.2) is 156 Å². The molecule has 1 unspecified atom stereocenters. The summed E-state index contributed by atoms with van der Waals surface area (Å²) in [4.78, 5) is 0. The molecule has 0 aromatic rings. The molecule has 0 amide bonds. The SMILES string of the molecule is C[C@@H]1O[C@@H](O[C@H]2[C@H](O)[C@@H](CO)OC(O)[C@@H]2O[C@@H]2O[C@H](CO)[C@H](O)[C@H](O)[C@H]2O)[C@@H](O)[C@H](O)[C@@H]1O. The third-order valence-corrected chi connectivity index (χ3v) is 6.06. The Balaban J connectivity index is 1.82. The van der Waals surface area contributed by atoms with Crippen LogP contribution in [-0.2, 0) is 23.7 Å². The van der Waals surface area contributed by atoms with Crippen LogP contribution in [0.2, 0.25) is 0 Å². The van der Waals surface area contributed by atoms with E-state index in [-0.39, 0.29) is 0 Å². The normalized spacial score (nSPS) is 53.7. The molecule has 15 nitrogen and oxygen atoms in total. The summed E-state index contributed by atoms with van der Waals surface area (Å²) in [7, 11) is 0. The quantitative estimate of drug-likeness (QED) is 0.167. The van der Waals surface area contributed by atoms with E-state index in [0.29, 0.717) is 0 Å². The lowest BCUT2D eigenvalue weighted by Gasteiger charge is -2.48. The second-order valence-electron chi connectivity index (χ2n) is 8.32. The van der Waals surface area contributed by atoms with Crippen molar-refractivity contribution >= 4 is 0 Å². The monoisotopic (exact) mass is 488 g/mol. The van der Waals surface area contributed by atoms with Crippen LogP contribution >= 0.6 is 0 Å². The number of hydrogen-bond donors (Lipinski definition) is 10. The first-order chi connectivity index (χ1) is 15.5. The van der Waals surface area contributed by atoms with Crippen LogP contribution in [0.4, 0.5) is 0 Å². The Hall–Kier alpha value is -0.600. The van der Waals surface area contributed by atoms with E-state index in [0.717, 1.165) is 0 Å². The van der Waals surface area contributed by atoms with Gasteiger partial charge in [-0.2, -0.15) is 0 Å². The summed E-state index contributed by atoms with van der Waals surface area (Å²) >= 11 is 0. The minimum atomic E-state index is -1.89. The van der Waals surface area contributed by atoms with Gasteiger partial charge < -0.3 is 74.7 Å². The van der Waals surface area contributed by atoms with Crippen molar-refractivity contribution in [2.45, 2.75) is 99.0 Å². The Morgan fingerprint density at radius 1 is 0.545 bits per heavy atom. The van der Waals surface area contributed by atoms with Gasteiger partial charge in [0.1, 0.15) is 67.1 Å². The van der Waals surface area contributed by atoms with Gasteiger partial charge in [-0.25, -0.2) is 0 Å². The van der Waals surface area contributed by atoms with E-state index in [1.807, 2.05) is 0 Å². The van der Waals surface area contributed by atoms with Crippen molar-refractivity contribution in [2.75, 3.05) is 13.2 Å². The largest absolute Gasteiger partial charge is 0.394 e. The third-order valence-electron chi connectivity index (χ3n) is 6.06. The Morgan fingerprint density at radius 2 is 1.03 bits per heavy atom. The second-order valence-corrected chi connectivity index (χ2v) is 8.32. The van der Waals surface area contributed by atoms with Gasteiger partial charge in [0.05, 0.1) is 19.3 Å². The van der Waals surface area contributed by atoms with Crippen molar-refractivity contribution in [3.8, 4) is 0 Å². The van der Waals surface area contributed by atoms with Crippen LogP contribution in [0.25, 0.3) is 0 Å². The van der Waals surface area contributed by atoms with Gasteiger partial charge in [0.15, 0.2) is 18.9 Å². The molecule has 3 fully saturated rings. The van der Waals surface area contributed by atoms with Crippen molar-refractivity contribution in [3.05, 3.63) is 0 Å². The van der Waals surface area contributed by atoms with E-state index in [2.05, 4.69) is 0 Å². The molecule has 0 radical (unpaired) electrons. The van der Waals surface area contributed by atoms with E-state index in [1.165, 1.54) is 6.92 Å². The summed E-state index contributed by atoms with van der Waals surface area (Å²) in [6.45, 7) is -0.107. The fourth-order valence-corrected chi connectivity index (χ4v) is 3.97. The maximum absolute atomic E-state index is 10.6. The molecular weight excluding hydrogens is 456 g/mol. The van der Waals surface area contributed by atoms with Gasteiger partial charge in [0.25, 0.3) is 0 Å². The predicted octanol–water partition coefficient (Wildman–Crippen LogP) is -6.55. The summed E-state index contributed by atoms with van der Waals surface area (Å²) in [5, 5.41) is 100.0. The molecule has 3 aliphatic heterocycles. The summed E-state index contributed by atoms with van der Waals surface area (Å²) in [5.41, 5.74) is 0. The highest BCUT2D eigenvalue weighted by atomic mass is 16.8. The van der Waals surface area contributed by atoms with Crippen LogP contribution in [0.5, 0.6) is 0 Å². The van der Waals surface area contributed by atoms with Crippen LogP contribution in [0.1, 0.15) is 6.92 Å². The Kier molecular flexibility index (Phi) is 8.99. The molecule has 0 aromatic carbocycles. The van der Waals surface area contributed by atoms with Crippen molar-refractivity contribution in [1.29, 1.82) is 0 Å². The van der Waals surface area contributed by atoms with Crippen LogP contribution in [0.15, 0.2) is 0 Å². The lowest BCUT2D eigenvalue weighted by Crippen LogP contribution is -2.66. The van der Waals surface area contributed by atoms with Crippen molar-refractivity contribution in [2.24, 2.45) is 0 Å². The summed E-state index contributed by atoms with van der Waals surface area (Å²) in [6.07, 6.45) is -24.1. The highest BCUT2D eigenvalue weighted by Crippen LogP contribution is 2.32. The minimum absolute atomic E-state index is 0.746. The molecule has 3 saturated heterocycles. The molecule has 0 bridgehead atoms. The molecule has 15 heteroatoms. The van der Waals surface area contributed by atoms with E-state index >= 15 is 0 Å². The molecule has 0 aromatic heterocycles. The first kappa shape index (κ1) is 27.0. The molecule has 0 spiro atoms. The van der Waals surface area contributed by atoms with Gasteiger partial charge in [-0.1, -0.05) is 0 Å². The Labute approximate surface area is 187 Å². The lowest BCUT2D eigenvalue weighted by molar-refractivity contribution is -0.386. The fraction of sp³-hybridized carbons (Fsp3) is 1.00. The summed E-state index contributed by atoms with van der Waals surface area (Å²) < 4.78 is 26.7. The zero-order valence-corrected chi connectivity index (χ0v) is 17.6. The molecule has 0 aliphatic carbocycles. The van der Waals surface area contributed by atoms with Gasteiger partial charge >= 0.3 is 0 Å². The number of aliphatic hydroxyl groups excluding tert-OH is 10. The average molecular weight is 488 g/mol. The van der Waals surface area contributed by atoms with Crippen molar-refractivity contribution in [3.63, 3.8) is 0 Å². The topological polar surface area (TPSA) is 248 Å². The van der Waals surface area contributed by atoms with Crippen molar-refractivity contribution < 1.29 is 74.7 Å². The number of ether oxygens (including phenoxy) is 5. The van der Waals surface area contributed by atoms with Gasteiger partial charge in [0, 0.05) is 0 Å². The smallest absolute Gasteiger partial charge is 0.187 e. The molecule has 194 valence electrons. The molecule has 3 heterocycles. The van der Waals surface area contributed by atoms with Crippen LogP contribution in [0, 0.1) is 0 Å². The van der Waals surface area contributed by atoms with Gasteiger partial charge in [0.2, 0.25) is 0 Å². The van der Waals surface area contributed by atoms with E-state index < -0.39 is 105 Å². The predicted molar refractivity (Wildman–Crippen MR) is 99.8 cm³/mol. The first-order valence-corrected chi connectivity index (χ1v) is 10.4. The van der Waals surface area contributed by atoms with Crippen molar-refractivity contribution in [1.82, 2.24) is 0 Å². The minimum Gasteiger partial charge on any atom is -0.394 e. The van der Waals surface area contributed by atoms with Gasteiger partial charge in [-0.3, -0.25) is 0 Å². The first-order valence-electron chi connectivity index (χ1n) is 10.4. The summed E-state index contributed by atoms with van der Waals surface area (Å²) in [6, 6.07) is 0. The van der Waals surface area contributed by atoms with Crippen LogP contribution in [0.3, 0.4) is 0 Å².